The van der Waals surface area contributed by atoms with E-state index in [9.17, 15) is 0 Å². The summed E-state index contributed by atoms with van der Waals surface area (Å²) in [5.41, 5.74) is 3.72. The molecule has 0 radical (unpaired) electrons. The molecule has 0 aliphatic carbocycles. The normalized spacial score (nSPS) is 17.9. The van der Waals surface area contributed by atoms with Gasteiger partial charge in [-0.2, -0.15) is 0 Å². The van der Waals surface area contributed by atoms with Gasteiger partial charge in [0.05, 0.1) is 0 Å². The van der Waals surface area contributed by atoms with Crippen LogP contribution in [0.5, 0.6) is 0 Å². The molecule has 0 amide bonds. The summed E-state index contributed by atoms with van der Waals surface area (Å²) >= 11 is 12.0. The van der Waals surface area contributed by atoms with Gasteiger partial charge in [0.1, 0.15) is 10.3 Å². The third-order valence-corrected chi connectivity index (χ3v) is 4.22. The molecule has 1 aromatic heterocycles. The Balaban J connectivity index is 1.91. The number of benzene rings is 1. The van der Waals surface area contributed by atoms with Crippen molar-refractivity contribution < 1.29 is 0 Å². The van der Waals surface area contributed by atoms with Crippen LogP contribution in [-0.4, -0.2) is 11.5 Å². The summed E-state index contributed by atoms with van der Waals surface area (Å²) < 4.78 is 0. The van der Waals surface area contributed by atoms with E-state index in [4.69, 9.17) is 23.2 Å². The minimum absolute atomic E-state index is 0.436. The molecule has 20 heavy (non-hydrogen) atoms. The second kappa shape index (κ2) is 5.63. The Morgan fingerprint density at radius 1 is 1.20 bits per heavy atom. The Kier molecular flexibility index (Phi) is 3.86. The van der Waals surface area contributed by atoms with Crippen molar-refractivity contribution in [2.24, 2.45) is 5.92 Å². The summed E-state index contributed by atoms with van der Waals surface area (Å²) in [6.45, 7) is 4.09. The van der Waals surface area contributed by atoms with Gasteiger partial charge < -0.3 is 4.90 Å². The Morgan fingerprint density at radius 3 is 2.80 bits per heavy atom. The molecule has 2 heterocycles. The number of halogens is 2. The molecule has 0 spiro atoms. The molecule has 104 valence electrons. The zero-order chi connectivity index (χ0) is 14.1. The number of hydrogen-bond donors (Lipinski definition) is 0. The lowest BCUT2D eigenvalue weighted by atomic mass is 9.93. The summed E-state index contributed by atoms with van der Waals surface area (Å²) in [5, 5.41) is 0.930. The van der Waals surface area contributed by atoms with Crippen molar-refractivity contribution in [3.63, 3.8) is 0 Å². The summed E-state index contributed by atoms with van der Waals surface area (Å²) in [7, 11) is 0. The predicted octanol–water partition coefficient (Wildman–Crippen LogP) is 4.59. The van der Waals surface area contributed by atoms with Crippen LogP contribution in [0.1, 0.15) is 18.1 Å². The third-order valence-electron chi connectivity index (χ3n) is 3.69. The van der Waals surface area contributed by atoms with Crippen LogP contribution in [0.4, 0.5) is 5.69 Å². The number of rotatable bonds is 2. The molecule has 0 saturated heterocycles. The Hall–Kier alpha value is -1.25. The monoisotopic (exact) mass is 306 g/mol. The molecule has 0 bridgehead atoms. The van der Waals surface area contributed by atoms with Crippen LogP contribution in [-0.2, 0) is 13.0 Å². The van der Waals surface area contributed by atoms with Crippen molar-refractivity contribution >= 4 is 28.9 Å². The third kappa shape index (κ3) is 2.77. The topological polar surface area (TPSA) is 16.1 Å². The molecular formula is C16H16Cl2N2. The van der Waals surface area contributed by atoms with Gasteiger partial charge in [-0.3, -0.25) is 0 Å². The standard InChI is InChI=1S/C16H16Cl2N2/c1-11-8-12-4-2-3-5-14(12)20(9-11)10-13-6-7-15(17)19-16(13)18/h2-7,11H,8-10H2,1H3. The van der Waals surface area contributed by atoms with Crippen molar-refractivity contribution in [3.8, 4) is 0 Å². The van der Waals surface area contributed by atoms with Crippen LogP contribution in [0.25, 0.3) is 0 Å². The summed E-state index contributed by atoms with van der Waals surface area (Å²) in [4.78, 5) is 6.49. The fraction of sp³-hybridized carbons (Fsp3) is 0.312. The molecule has 4 heteroatoms. The quantitative estimate of drug-likeness (QED) is 0.755. The summed E-state index contributed by atoms with van der Waals surface area (Å²) in [5.74, 6) is 0.643. The van der Waals surface area contributed by atoms with Gasteiger partial charge in [0.25, 0.3) is 0 Å². The summed E-state index contributed by atoms with van der Waals surface area (Å²) in [6, 6.07) is 12.3. The Labute approximate surface area is 129 Å². The molecule has 1 aliphatic rings. The van der Waals surface area contributed by atoms with Crippen LogP contribution >= 0.6 is 23.2 Å². The smallest absolute Gasteiger partial charge is 0.135 e. The highest BCUT2D eigenvalue weighted by Crippen LogP contribution is 2.31. The maximum Gasteiger partial charge on any atom is 0.135 e. The molecular weight excluding hydrogens is 291 g/mol. The largest absolute Gasteiger partial charge is 0.367 e. The first-order valence-corrected chi connectivity index (χ1v) is 7.53. The fourth-order valence-corrected chi connectivity index (χ4v) is 3.23. The fourth-order valence-electron chi connectivity index (χ4n) is 2.82. The second-order valence-electron chi connectivity index (χ2n) is 5.40. The molecule has 1 unspecified atom stereocenters. The highest BCUT2D eigenvalue weighted by molar-refractivity contribution is 6.32. The predicted molar refractivity (Wildman–Crippen MR) is 84.6 cm³/mol. The van der Waals surface area contributed by atoms with E-state index in [0.717, 1.165) is 25.1 Å². The van der Waals surface area contributed by atoms with Crippen molar-refractivity contribution in [2.75, 3.05) is 11.4 Å². The lowest BCUT2D eigenvalue weighted by Gasteiger charge is -2.35. The molecule has 1 atom stereocenters. The molecule has 0 N–H and O–H groups in total. The lowest BCUT2D eigenvalue weighted by molar-refractivity contribution is 0.530. The van der Waals surface area contributed by atoms with E-state index in [1.807, 2.05) is 6.07 Å². The zero-order valence-electron chi connectivity index (χ0n) is 11.3. The van der Waals surface area contributed by atoms with E-state index in [2.05, 4.69) is 41.1 Å². The highest BCUT2D eigenvalue weighted by atomic mass is 35.5. The van der Waals surface area contributed by atoms with Crippen LogP contribution < -0.4 is 4.90 Å². The molecule has 0 saturated carbocycles. The van der Waals surface area contributed by atoms with Crippen molar-refractivity contribution in [1.82, 2.24) is 4.98 Å². The highest BCUT2D eigenvalue weighted by Gasteiger charge is 2.22. The van der Waals surface area contributed by atoms with Crippen molar-refractivity contribution in [1.29, 1.82) is 0 Å². The van der Waals surface area contributed by atoms with Crippen LogP contribution in [0, 0.1) is 5.92 Å². The van der Waals surface area contributed by atoms with Gasteiger partial charge in [0.2, 0.25) is 0 Å². The van der Waals surface area contributed by atoms with Crippen LogP contribution in [0.3, 0.4) is 0 Å². The minimum Gasteiger partial charge on any atom is -0.367 e. The number of aromatic nitrogens is 1. The van der Waals surface area contributed by atoms with Crippen LogP contribution in [0.15, 0.2) is 36.4 Å². The number of pyridine rings is 1. The molecule has 2 nitrogen and oxygen atoms in total. The summed E-state index contributed by atoms with van der Waals surface area (Å²) in [6.07, 6.45) is 1.14. The average molecular weight is 307 g/mol. The number of nitrogens with zero attached hydrogens (tertiary/aromatic N) is 2. The van der Waals surface area contributed by atoms with Gasteiger partial charge in [-0.15, -0.1) is 0 Å². The second-order valence-corrected chi connectivity index (χ2v) is 6.15. The zero-order valence-corrected chi connectivity index (χ0v) is 12.8. The van der Waals surface area contributed by atoms with E-state index in [1.54, 1.807) is 6.07 Å². The van der Waals surface area contributed by atoms with Gasteiger partial charge in [0.15, 0.2) is 0 Å². The van der Waals surface area contributed by atoms with Crippen molar-refractivity contribution in [2.45, 2.75) is 19.9 Å². The van der Waals surface area contributed by atoms with Gasteiger partial charge >= 0.3 is 0 Å². The average Bonchev–Trinajstić information content (AvgIpc) is 2.41. The maximum atomic E-state index is 6.19. The van der Waals surface area contributed by atoms with Crippen molar-refractivity contribution in [3.05, 3.63) is 57.8 Å². The molecule has 1 aromatic carbocycles. The van der Waals surface area contributed by atoms with E-state index < -0.39 is 0 Å². The maximum absolute atomic E-state index is 6.19. The van der Waals surface area contributed by atoms with Gasteiger partial charge in [0, 0.05) is 24.3 Å². The first-order valence-electron chi connectivity index (χ1n) is 6.77. The van der Waals surface area contributed by atoms with E-state index in [1.165, 1.54) is 11.3 Å². The van der Waals surface area contributed by atoms with Gasteiger partial charge in [-0.25, -0.2) is 4.98 Å². The Morgan fingerprint density at radius 2 is 2.00 bits per heavy atom. The first-order chi connectivity index (χ1) is 9.63. The first kappa shape index (κ1) is 13.7. The van der Waals surface area contributed by atoms with Crippen LogP contribution in [0.2, 0.25) is 10.3 Å². The number of para-hydroxylation sites is 1. The Bertz CT molecular complexity index is 628. The van der Waals surface area contributed by atoms with Gasteiger partial charge in [-0.1, -0.05) is 54.4 Å². The number of hydrogen-bond acceptors (Lipinski definition) is 2. The molecule has 0 fully saturated rings. The molecule has 3 rings (SSSR count). The SMILES string of the molecule is CC1Cc2ccccc2N(Cc2ccc(Cl)nc2Cl)C1. The molecule has 1 aliphatic heterocycles. The lowest BCUT2D eigenvalue weighted by Crippen LogP contribution is -2.33. The molecule has 2 aromatic rings. The minimum atomic E-state index is 0.436. The van der Waals surface area contributed by atoms with E-state index >= 15 is 0 Å². The number of fused-ring (bicyclic) bond motifs is 1. The van der Waals surface area contributed by atoms with E-state index in [-0.39, 0.29) is 0 Å². The van der Waals surface area contributed by atoms with Gasteiger partial charge in [-0.05, 0) is 30.0 Å². The number of anilines is 1. The van der Waals surface area contributed by atoms with E-state index in [0.29, 0.717) is 16.2 Å².